The summed E-state index contributed by atoms with van der Waals surface area (Å²) in [6.07, 6.45) is 2.74. The zero-order valence-electron chi connectivity index (χ0n) is 15.1. The lowest BCUT2D eigenvalue weighted by Crippen LogP contribution is -2.70. The second-order valence-corrected chi connectivity index (χ2v) is 8.94. The van der Waals surface area contributed by atoms with E-state index in [1.807, 2.05) is 4.90 Å². The van der Waals surface area contributed by atoms with Crippen LogP contribution in [0.2, 0.25) is 0 Å². The van der Waals surface area contributed by atoms with E-state index in [0.29, 0.717) is 11.8 Å². The molecule has 5 aliphatic rings. The molecule has 0 amide bonds. The van der Waals surface area contributed by atoms with E-state index >= 15 is 0 Å². The van der Waals surface area contributed by atoms with Crippen LogP contribution in [0.1, 0.15) is 44.9 Å². The molecule has 0 radical (unpaired) electrons. The highest BCUT2D eigenvalue weighted by molar-refractivity contribution is 6.18. The number of rotatable bonds is 1. The monoisotopic (exact) mass is 381 g/mol. The number of ether oxygens (including phenoxy) is 1. The molecule has 7 heteroatoms. The number of Topliss-reactive ketones (excluding diaryl/α,β-unsaturated/α-hetero) is 1. The summed E-state index contributed by atoms with van der Waals surface area (Å²) in [5, 5.41) is 9.48. The van der Waals surface area contributed by atoms with Crippen LogP contribution < -0.4 is 0 Å². The molecule has 0 aromatic carbocycles. The molecule has 4 fully saturated rings. The maximum absolute atomic E-state index is 14.7. The number of hydrogen-bond donors (Lipinski definition) is 1. The van der Waals surface area contributed by atoms with Crippen molar-refractivity contribution in [1.29, 1.82) is 0 Å². The van der Waals surface area contributed by atoms with Crippen LogP contribution in [-0.2, 0) is 14.3 Å². The molecule has 148 valence electrons. The summed E-state index contributed by atoms with van der Waals surface area (Å²) in [7, 11) is 0. The number of hydrogen-bond acceptors (Lipinski definition) is 4. The Labute approximate surface area is 156 Å². The van der Waals surface area contributed by atoms with Crippen LogP contribution in [0.4, 0.5) is 8.78 Å². The third-order valence-corrected chi connectivity index (χ3v) is 7.63. The summed E-state index contributed by atoms with van der Waals surface area (Å²) in [5.41, 5.74) is -0.300. The van der Waals surface area contributed by atoms with Gasteiger partial charge in [0.05, 0.1) is 18.2 Å². The molecule has 9 unspecified atom stereocenters. The summed E-state index contributed by atoms with van der Waals surface area (Å²) in [6.45, 7) is 0. The smallest absolute Gasteiger partial charge is 0.340 e. The van der Waals surface area contributed by atoms with E-state index in [1.54, 1.807) is 0 Å². The lowest BCUT2D eigenvalue weighted by Gasteiger charge is -2.59. The average molecular weight is 381 g/mol. The number of ketones is 1. The topological polar surface area (TPSA) is 66.8 Å². The van der Waals surface area contributed by atoms with Crippen LogP contribution >= 0.6 is 0 Å². The van der Waals surface area contributed by atoms with Crippen molar-refractivity contribution >= 4 is 11.8 Å². The van der Waals surface area contributed by atoms with Crippen molar-refractivity contribution < 1.29 is 28.2 Å². The van der Waals surface area contributed by atoms with Crippen LogP contribution in [0.3, 0.4) is 0 Å². The SMILES string of the molecule is O=C(O)C1=CN2C3CC4CCCCC4CC3OC3C(F)C(F)CC(C1=O)C32. The Kier molecular flexibility index (Phi) is 4.08. The van der Waals surface area contributed by atoms with Gasteiger partial charge in [-0.15, -0.1) is 0 Å². The molecule has 27 heavy (non-hydrogen) atoms. The Morgan fingerprint density at radius 1 is 1.15 bits per heavy atom. The highest BCUT2D eigenvalue weighted by Crippen LogP contribution is 2.50. The molecule has 3 aliphatic carbocycles. The van der Waals surface area contributed by atoms with Gasteiger partial charge >= 0.3 is 5.97 Å². The Balaban J connectivity index is 1.55. The molecule has 9 atom stereocenters. The second kappa shape index (κ2) is 6.26. The Morgan fingerprint density at radius 2 is 1.85 bits per heavy atom. The molecule has 1 N–H and O–H groups in total. The highest BCUT2D eigenvalue weighted by Gasteiger charge is 2.60. The molecular weight excluding hydrogens is 356 g/mol. The lowest BCUT2D eigenvalue weighted by molar-refractivity contribution is -0.219. The van der Waals surface area contributed by atoms with Crippen LogP contribution in [0.5, 0.6) is 0 Å². The Morgan fingerprint density at radius 3 is 2.56 bits per heavy atom. The van der Waals surface area contributed by atoms with Gasteiger partial charge in [0.1, 0.15) is 17.8 Å². The van der Waals surface area contributed by atoms with Crippen molar-refractivity contribution in [3.8, 4) is 0 Å². The number of morpholine rings is 1. The molecule has 5 rings (SSSR count). The predicted molar refractivity (Wildman–Crippen MR) is 91.4 cm³/mol. The van der Waals surface area contributed by atoms with Crippen molar-refractivity contribution in [2.24, 2.45) is 17.8 Å². The van der Waals surface area contributed by atoms with Gasteiger partial charge in [-0.2, -0.15) is 0 Å². The standard InChI is InChI=1S/C20H25F2NO4/c21-13-7-11-17-19(16(13)22)27-15-6-10-4-2-1-3-9(10)5-14(15)23(17)8-12(18(11)24)20(25)26/h8-11,13-17,19H,1-7H2,(H,25,26). The molecule has 3 saturated carbocycles. The molecule has 1 saturated heterocycles. The quantitative estimate of drug-likeness (QED) is 0.708. The fraction of sp³-hybridized carbons (Fsp3) is 0.800. The number of carbonyl (C=O) groups excluding carboxylic acids is 1. The number of aliphatic carboxylic acids is 1. The average Bonchev–Trinajstić information content (AvgIpc) is 2.65. The molecule has 0 aromatic rings. The minimum atomic E-state index is -1.79. The third kappa shape index (κ3) is 2.57. The van der Waals surface area contributed by atoms with Crippen LogP contribution in [-0.4, -0.2) is 58.4 Å². The Hall–Kier alpha value is -1.50. The number of carboxylic acids is 1. The maximum Gasteiger partial charge on any atom is 0.340 e. The van der Waals surface area contributed by atoms with Crippen molar-refractivity contribution in [2.45, 2.75) is 81.6 Å². The van der Waals surface area contributed by atoms with Gasteiger partial charge in [-0.25, -0.2) is 13.6 Å². The van der Waals surface area contributed by atoms with Gasteiger partial charge in [0.2, 0.25) is 0 Å². The summed E-state index contributed by atoms with van der Waals surface area (Å²) in [4.78, 5) is 26.2. The van der Waals surface area contributed by atoms with Gasteiger partial charge < -0.3 is 14.7 Å². The van der Waals surface area contributed by atoms with Crippen LogP contribution in [0.15, 0.2) is 11.8 Å². The van der Waals surface area contributed by atoms with E-state index in [2.05, 4.69) is 0 Å². The van der Waals surface area contributed by atoms with Crippen LogP contribution in [0.25, 0.3) is 0 Å². The largest absolute Gasteiger partial charge is 0.478 e. The molecule has 2 heterocycles. The van der Waals surface area contributed by atoms with Gasteiger partial charge in [-0.3, -0.25) is 4.79 Å². The highest BCUT2D eigenvalue weighted by atomic mass is 19.2. The first-order valence-corrected chi connectivity index (χ1v) is 10.2. The van der Waals surface area contributed by atoms with Crippen LogP contribution in [0, 0.1) is 17.8 Å². The number of fused-ring (bicyclic) bond motifs is 3. The van der Waals surface area contributed by atoms with Gasteiger partial charge in [0.25, 0.3) is 0 Å². The van der Waals surface area contributed by atoms with E-state index < -0.39 is 42.2 Å². The minimum absolute atomic E-state index is 0.0566. The number of carboxylic acid groups (broad SMARTS) is 1. The van der Waals surface area contributed by atoms with E-state index in [4.69, 9.17) is 4.74 Å². The number of halogens is 2. The first-order valence-electron chi connectivity index (χ1n) is 10.2. The van der Waals surface area contributed by atoms with E-state index in [0.717, 1.165) is 25.7 Å². The van der Waals surface area contributed by atoms with Crippen molar-refractivity contribution in [1.82, 2.24) is 4.90 Å². The van der Waals surface area contributed by atoms with Gasteiger partial charge in [0, 0.05) is 12.1 Å². The van der Waals surface area contributed by atoms with Crippen molar-refractivity contribution in [2.75, 3.05) is 0 Å². The van der Waals surface area contributed by atoms with E-state index in [-0.39, 0.29) is 24.1 Å². The first kappa shape index (κ1) is 17.6. The Bertz CT molecular complexity index is 697. The normalized spacial score (nSPS) is 48.8. The molecular formula is C20H25F2NO4. The van der Waals surface area contributed by atoms with Gasteiger partial charge in [-0.1, -0.05) is 25.7 Å². The van der Waals surface area contributed by atoms with Gasteiger partial charge in [-0.05, 0) is 31.1 Å². The molecule has 0 bridgehead atoms. The minimum Gasteiger partial charge on any atom is -0.478 e. The van der Waals surface area contributed by atoms with E-state index in [9.17, 15) is 23.5 Å². The number of carbonyl (C=O) groups is 2. The van der Waals surface area contributed by atoms with Gasteiger partial charge in [0.15, 0.2) is 12.0 Å². The number of alkyl halides is 2. The van der Waals surface area contributed by atoms with Crippen molar-refractivity contribution in [3.05, 3.63) is 11.8 Å². The summed E-state index contributed by atoms with van der Waals surface area (Å²) in [6, 6.07) is -0.650. The van der Waals surface area contributed by atoms with Crippen molar-refractivity contribution in [3.63, 3.8) is 0 Å². The third-order valence-electron chi connectivity index (χ3n) is 7.63. The molecule has 0 spiro atoms. The predicted octanol–water partition coefficient (Wildman–Crippen LogP) is 2.64. The zero-order valence-corrected chi connectivity index (χ0v) is 15.1. The zero-order chi connectivity index (χ0) is 18.9. The second-order valence-electron chi connectivity index (χ2n) is 8.94. The molecule has 5 nitrogen and oxygen atoms in total. The number of nitrogens with zero attached hydrogens (tertiary/aromatic N) is 1. The fourth-order valence-electron chi connectivity index (χ4n) is 6.39. The fourth-order valence-corrected chi connectivity index (χ4v) is 6.39. The molecule has 2 aliphatic heterocycles. The first-order chi connectivity index (χ1) is 13.0. The maximum atomic E-state index is 14.7. The lowest BCUT2D eigenvalue weighted by atomic mass is 9.65. The molecule has 0 aromatic heterocycles. The summed E-state index contributed by atoms with van der Waals surface area (Å²) < 4.78 is 35.2. The van der Waals surface area contributed by atoms with E-state index in [1.165, 1.54) is 19.0 Å². The summed E-state index contributed by atoms with van der Waals surface area (Å²) >= 11 is 0. The summed E-state index contributed by atoms with van der Waals surface area (Å²) in [5.74, 6) is -1.61.